The highest BCUT2D eigenvalue weighted by Crippen LogP contribution is 2.32. The summed E-state index contributed by atoms with van der Waals surface area (Å²) in [7, 11) is 0. The molecule has 1 heterocycles. The van der Waals surface area contributed by atoms with Gasteiger partial charge in [0, 0.05) is 23.7 Å². The Kier molecular flexibility index (Phi) is 4.88. The van der Waals surface area contributed by atoms with Crippen molar-refractivity contribution in [1.82, 2.24) is 5.32 Å². The van der Waals surface area contributed by atoms with Gasteiger partial charge in [-0.2, -0.15) is 0 Å². The molecule has 2 N–H and O–H groups in total. The Labute approximate surface area is 146 Å². The molecule has 0 aliphatic carbocycles. The van der Waals surface area contributed by atoms with Gasteiger partial charge in [-0.1, -0.05) is 19.9 Å². The SMILES string of the molecule is CC(C)C(=O)Nc1ccc(C(=O)NCc2ccc3c(c2)OCO3)cc1. The van der Waals surface area contributed by atoms with Gasteiger partial charge in [-0.25, -0.2) is 0 Å². The number of carbonyl (C=O) groups is 2. The second kappa shape index (κ2) is 7.25. The van der Waals surface area contributed by atoms with Crippen LogP contribution in [0.2, 0.25) is 0 Å². The van der Waals surface area contributed by atoms with Gasteiger partial charge in [-0.05, 0) is 42.0 Å². The summed E-state index contributed by atoms with van der Waals surface area (Å²) < 4.78 is 10.6. The van der Waals surface area contributed by atoms with Gasteiger partial charge >= 0.3 is 0 Å². The predicted octanol–water partition coefficient (Wildman–Crippen LogP) is 2.94. The largest absolute Gasteiger partial charge is 0.454 e. The van der Waals surface area contributed by atoms with Crippen LogP contribution in [0.15, 0.2) is 42.5 Å². The molecule has 0 bridgehead atoms. The molecule has 0 spiro atoms. The third-order valence-electron chi connectivity index (χ3n) is 3.83. The van der Waals surface area contributed by atoms with E-state index < -0.39 is 0 Å². The van der Waals surface area contributed by atoms with Gasteiger partial charge in [0.25, 0.3) is 5.91 Å². The number of rotatable bonds is 5. The molecule has 2 aromatic carbocycles. The molecule has 130 valence electrons. The summed E-state index contributed by atoms with van der Waals surface area (Å²) in [6, 6.07) is 12.4. The number of fused-ring (bicyclic) bond motifs is 1. The van der Waals surface area contributed by atoms with Crippen LogP contribution in [0.25, 0.3) is 0 Å². The van der Waals surface area contributed by atoms with Gasteiger partial charge in [-0.3, -0.25) is 9.59 Å². The number of nitrogens with one attached hydrogen (secondary N) is 2. The number of anilines is 1. The van der Waals surface area contributed by atoms with Crippen LogP contribution in [-0.4, -0.2) is 18.6 Å². The monoisotopic (exact) mass is 340 g/mol. The van der Waals surface area contributed by atoms with E-state index in [1.165, 1.54) is 0 Å². The third-order valence-corrected chi connectivity index (χ3v) is 3.83. The van der Waals surface area contributed by atoms with Crippen molar-refractivity contribution in [2.45, 2.75) is 20.4 Å². The zero-order valence-electron chi connectivity index (χ0n) is 14.2. The van der Waals surface area contributed by atoms with E-state index in [4.69, 9.17) is 9.47 Å². The molecule has 0 aromatic heterocycles. The molecule has 0 unspecified atom stereocenters. The number of amides is 2. The molecule has 0 saturated carbocycles. The summed E-state index contributed by atoms with van der Waals surface area (Å²) in [5, 5.41) is 5.66. The number of hydrogen-bond donors (Lipinski definition) is 2. The van der Waals surface area contributed by atoms with Gasteiger partial charge in [0.2, 0.25) is 12.7 Å². The second-order valence-electron chi connectivity index (χ2n) is 6.09. The van der Waals surface area contributed by atoms with Gasteiger partial charge in [0.1, 0.15) is 0 Å². The quantitative estimate of drug-likeness (QED) is 0.877. The average Bonchev–Trinajstić information content (AvgIpc) is 3.08. The fraction of sp³-hybridized carbons (Fsp3) is 0.263. The van der Waals surface area contributed by atoms with E-state index in [-0.39, 0.29) is 24.5 Å². The van der Waals surface area contributed by atoms with Crippen molar-refractivity contribution in [3.8, 4) is 11.5 Å². The number of hydrogen-bond acceptors (Lipinski definition) is 4. The minimum Gasteiger partial charge on any atom is -0.454 e. The van der Waals surface area contributed by atoms with Crippen LogP contribution >= 0.6 is 0 Å². The lowest BCUT2D eigenvalue weighted by atomic mass is 10.1. The van der Waals surface area contributed by atoms with E-state index in [0.29, 0.717) is 29.3 Å². The van der Waals surface area contributed by atoms with E-state index in [2.05, 4.69) is 10.6 Å². The minimum atomic E-state index is -0.181. The summed E-state index contributed by atoms with van der Waals surface area (Å²) in [6.45, 7) is 4.27. The van der Waals surface area contributed by atoms with Crippen LogP contribution in [-0.2, 0) is 11.3 Å². The van der Waals surface area contributed by atoms with Crippen LogP contribution in [0.4, 0.5) is 5.69 Å². The number of ether oxygens (including phenoxy) is 2. The summed E-state index contributed by atoms with van der Waals surface area (Å²) in [5.74, 6) is 1.08. The van der Waals surface area contributed by atoms with Crippen LogP contribution in [0.5, 0.6) is 11.5 Å². The van der Waals surface area contributed by atoms with Crippen LogP contribution < -0.4 is 20.1 Å². The highest BCUT2D eigenvalue weighted by molar-refractivity contribution is 5.96. The van der Waals surface area contributed by atoms with Gasteiger partial charge < -0.3 is 20.1 Å². The number of benzene rings is 2. The maximum atomic E-state index is 12.2. The minimum absolute atomic E-state index is 0.0555. The lowest BCUT2D eigenvalue weighted by Gasteiger charge is -2.09. The standard InChI is InChI=1S/C19H20N2O4/c1-12(2)18(22)21-15-6-4-14(5-7-15)19(23)20-10-13-3-8-16-17(9-13)25-11-24-16/h3-9,12H,10-11H2,1-2H3,(H,20,23)(H,21,22). The smallest absolute Gasteiger partial charge is 0.251 e. The van der Waals surface area contributed by atoms with Gasteiger partial charge in [0.05, 0.1) is 0 Å². The lowest BCUT2D eigenvalue weighted by Crippen LogP contribution is -2.23. The first-order chi connectivity index (χ1) is 12.0. The molecule has 1 aliphatic rings. The van der Waals surface area contributed by atoms with E-state index in [0.717, 1.165) is 5.56 Å². The average molecular weight is 340 g/mol. The van der Waals surface area contributed by atoms with Gasteiger partial charge in [0.15, 0.2) is 11.5 Å². The fourth-order valence-electron chi connectivity index (χ4n) is 2.33. The number of carbonyl (C=O) groups excluding carboxylic acids is 2. The van der Waals surface area contributed by atoms with Crippen LogP contribution in [0, 0.1) is 5.92 Å². The first-order valence-electron chi connectivity index (χ1n) is 8.10. The Morgan fingerprint density at radius 1 is 1.04 bits per heavy atom. The van der Waals surface area contributed by atoms with Gasteiger partial charge in [-0.15, -0.1) is 0 Å². The molecule has 2 aromatic rings. The molecular weight excluding hydrogens is 320 g/mol. The molecule has 2 amide bonds. The van der Waals surface area contributed by atoms with Crippen molar-refractivity contribution in [2.24, 2.45) is 5.92 Å². The highest BCUT2D eigenvalue weighted by atomic mass is 16.7. The van der Waals surface area contributed by atoms with Crippen molar-refractivity contribution in [3.05, 3.63) is 53.6 Å². The van der Waals surface area contributed by atoms with E-state index in [1.807, 2.05) is 32.0 Å². The molecule has 6 nitrogen and oxygen atoms in total. The molecule has 25 heavy (non-hydrogen) atoms. The first-order valence-corrected chi connectivity index (χ1v) is 8.10. The van der Waals surface area contributed by atoms with Crippen LogP contribution in [0.3, 0.4) is 0 Å². The molecule has 0 fully saturated rings. The van der Waals surface area contributed by atoms with Crippen molar-refractivity contribution >= 4 is 17.5 Å². The maximum Gasteiger partial charge on any atom is 0.251 e. The Morgan fingerprint density at radius 2 is 1.76 bits per heavy atom. The topological polar surface area (TPSA) is 76.7 Å². The summed E-state index contributed by atoms with van der Waals surface area (Å²) in [4.78, 5) is 23.9. The Bertz CT molecular complexity index is 785. The zero-order valence-corrected chi connectivity index (χ0v) is 14.2. The predicted molar refractivity (Wildman–Crippen MR) is 93.6 cm³/mol. The Morgan fingerprint density at radius 3 is 2.48 bits per heavy atom. The Balaban J connectivity index is 1.57. The lowest BCUT2D eigenvalue weighted by molar-refractivity contribution is -0.118. The summed E-state index contributed by atoms with van der Waals surface area (Å²) in [6.07, 6.45) is 0. The van der Waals surface area contributed by atoms with E-state index in [1.54, 1.807) is 24.3 Å². The van der Waals surface area contributed by atoms with Crippen molar-refractivity contribution in [3.63, 3.8) is 0 Å². The Hall–Kier alpha value is -3.02. The molecular formula is C19H20N2O4. The fourth-order valence-corrected chi connectivity index (χ4v) is 2.33. The molecule has 0 saturated heterocycles. The van der Waals surface area contributed by atoms with Crippen molar-refractivity contribution in [1.29, 1.82) is 0 Å². The summed E-state index contributed by atoms with van der Waals surface area (Å²) in [5.41, 5.74) is 2.13. The first kappa shape index (κ1) is 16.8. The molecule has 3 rings (SSSR count). The van der Waals surface area contributed by atoms with E-state index in [9.17, 15) is 9.59 Å². The maximum absolute atomic E-state index is 12.2. The molecule has 0 radical (unpaired) electrons. The van der Waals surface area contributed by atoms with Crippen molar-refractivity contribution in [2.75, 3.05) is 12.1 Å². The summed E-state index contributed by atoms with van der Waals surface area (Å²) >= 11 is 0. The van der Waals surface area contributed by atoms with Crippen molar-refractivity contribution < 1.29 is 19.1 Å². The van der Waals surface area contributed by atoms with Crippen LogP contribution in [0.1, 0.15) is 29.8 Å². The molecule has 6 heteroatoms. The molecule has 1 aliphatic heterocycles. The zero-order chi connectivity index (χ0) is 17.8. The highest BCUT2D eigenvalue weighted by Gasteiger charge is 2.14. The van der Waals surface area contributed by atoms with E-state index >= 15 is 0 Å². The third kappa shape index (κ3) is 4.09. The molecule has 0 atom stereocenters. The normalized spacial score (nSPS) is 12.1. The second-order valence-corrected chi connectivity index (χ2v) is 6.09.